The molecule has 17 nitrogen and oxygen atoms in total. The number of rotatable bonds is 9. The van der Waals surface area contributed by atoms with Crippen LogP contribution >= 0.6 is 0 Å². The van der Waals surface area contributed by atoms with Crippen LogP contribution in [-0.4, -0.2) is 87.1 Å². The van der Waals surface area contributed by atoms with E-state index in [2.05, 4.69) is 19.4 Å². The first-order chi connectivity index (χ1) is 33.8. The van der Waals surface area contributed by atoms with Crippen molar-refractivity contribution in [1.82, 2.24) is 9.80 Å². The second-order valence-corrected chi connectivity index (χ2v) is 24.8. The highest BCUT2D eigenvalue weighted by atomic mass is 32.2. The molecule has 12 rings (SSSR count). The molecular formula is C49H45F2N7O10S3. The van der Waals surface area contributed by atoms with E-state index in [1.807, 2.05) is 0 Å². The number of nitrogens with one attached hydrogen (secondary N) is 2. The number of carbonyl (C=O) groups excluding carboxylic acids is 2. The Morgan fingerprint density at radius 3 is 1.38 bits per heavy atom. The first-order valence-electron chi connectivity index (χ1n) is 23.3. The van der Waals surface area contributed by atoms with Crippen molar-refractivity contribution in [3.63, 3.8) is 0 Å². The van der Waals surface area contributed by atoms with Crippen molar-refractivity contribution >= 4 is 76.3 Å². The number of benzene rings is 4. The molecule has 4 bridgehead atoms. The van der Waals surface area contributed by atoms with Gasteiger partial charge in [0.25, 0.3) is 31.9 Å². The van der Waals surface area contributed by atoms with Crippen LogP contribution in [0, 0.1) is 47.1 Å². The number of hydrogen-bond donors (Lipinski definition) is 4. The lowest BCUT2D eigenvalue weighted by atomic mass is 9.77. The third kappa shape index (κ3) is 7.25. The van der Waals surface area contributed by atoms with Crippen LogP contribution in [0.15, 0.2) is 126 Å². The number of aliphatic hydroxyl groups excluding tert-OH is 2. The van der Waals surface area contributed by atoms with Crippen molar-refractivity contribution in [2.75, 3.05) is 21.2 Å². The van der Waals surface area contributed by atoms with Crippen molar-refractivity contribution in [2.24, 2.45) is 44.3 Å². The first kappa shape index (κ1) is 45.5. The minimum Gasteiger partial charge on any atom is -0.511 e. The molecule has 22 heteroatoms. The second kappa shape index (κ2) is 15.9. The van der Waals surface area contributed by atoms with Crippen molar-refractivity contribution in [3.05, 3.63) is 130 Å². The third-order valence-corrected chi connectivity index (χ3v) is 19.5. The average Bonchev–Trinajstić information content (AvgIpc) is 4.14. The molecule has 8 unspecified atom stereocenters. The Labute approximate surface area is 407 Å². The molecule has 4 N–H and O–H groups in total. The molecule has 4 fully saturated rings. The molecule has 4 aromatic carbocycles. The van der Waals surface area contributed by atoms with E-state index < -0.39 is 86.8 Å². The highest BCUT2D eigenvalue weighted by molar-refractivity contribution is 7.92. The summed E-state index contributed by atoms with van der Waals surface area (Å²) in [5.74, 6) is -4.24. The van der Waals surface area contributed by atoms with Gasteiger partial charge in [-0.1, -0.05) is 24.3 Å². The molecule has 8 atom stereocenters. The molecule has 4 aromatic rings. The second-order valence-electron chi connectivity index (χ2n) is 19.8. The zero-order valence-corrected chi connectivity index (χ0v) is 40.2. The number of amidine groups is 2. The molecule has 8 aliphatic rings. The number of fused-ring (bicyclic) bond motifs is 12. The largest absolute Gasteiger partial charge is 0.511 e. The van der Waals surface area contributed by atoms with E-state index in [9.17, 15) is 53.8 Å². The summed E-state index contributed by atoms with van der Waals surface area (Å²) in [7, 11) is -13.8. The summed E-state index contributed by atoms with van der Waals surface area (Å²) in [5.41, 5.74) is 0.0330. The third-order valence-electron chi connectivity index (χ3n) is 15.8. The minimum absolute atomic E-state index is 0.0392. The van der Waals surface area contributed by atoms with Gasteiger partial charge in [-0.25, -0.2) is 21.5 Å². The molecule has 0 saturated heterocycles. The predicted molar refractivity (Wildman–Crippen MR) is 256 cm³/mol. The monoisotopic (exact) mass is 1030 g/mol. The molecular weight excluding hydrogens is 981 g/mol. The number of nitrogens with zero attached hydrogens (tertiary/aromatic N) is 5. The van der Waals surface area contributed by atoms with Crippen LogP contribution in [0.25, 0.3) is 0 Å². The maximum atomic E-state index is 14.4. The van der Waals surface area contributed by atoms with Gasteiger partial charge in [-0.2, -0.15) is 16.8 Å². The van der Waals surface area contributed by atoms with Crippen LogP contribution in [0.4, 0.5) is 31.5 Å². The van der Waals surface area contributed by atoms with E-state index in [0.717, 1.165) is 61.2 Å². The predicted octanol–water partition coefficient (Wildman–Crippen LogP) is 6.63. The molecule has 368 valence electrons. The van der Waals surface area contributed by atoms with Gasteiger partial charge in [0.2, 0.25) is 10.0 Å². The summed E-state index contributed by atoms with van der Waals surface area (Å²) < 4.78 is 120. The van der Waals surface area contributed by atoms with Gasteiger partial charge in [0.05, 0.1) is 29.0 Å². The molecule has 4 heterocycles. The summed E-state index contributed by atoms with van der Waals surface area (Å²) in [5, 5.41) is 29.4. The van der Waals surface area contributed by atoms with Crippen LogP contribution in [0.5, 0.6) is 0 Å². The Balaban J connectivity index is 0.857. The lowest BCUT2D eigenvalue weighted by molar-refractivity contribution is -0.134. The van der Waals surface area contributed by atoms with Crippen molar-refractivity contribution in [1.29, 1.82) is 0 Å². The Morgan fingerprint density at radius 2 is 1.00 bits per heavy atom. The van der Waals surface area contributed by atoms with Gasteiger partial charge in [-0.15, -0.1) is 8.80 Å². The van der Waals surface area contributed by atoms with Gasteiger partial charge in [-0.05, 0) is 134 Å². The Hall–Kier alpha value is -6.65. The first-order valence-corrected chi connectivity index (χ1v) is 28.0. The van der Waals surface area contributed by atoms with Crippen molar-refractivity contribution < 1.29 is 53.8 Å². The summed E-state index contributed by atoms with van der Waals surface area (Å²) in [6.07, 6.45) is 5.72. The Bertz CT molecular complexity index is 3300. The fourth-order valence-electron chi connectivity index (χ4n) is 13.0. The van der Waals surface area contributed by atoms with Crippen molar-refractivity contribution in [3.8, 4) is 0 Å². The van der Waals surface area contributed by atoms with Gasteiger partial charge >= 0.3 is 0 Å². The fourth-order valence-corrected chi connectivity index (χ4v) is 16.2. The van der Waals surface area contributed by atoms with E-state index in [-0.39, 0.29) is 94.3 Å². The lowest BCUT2D eigenvalue weighted by Gasteiger charge is -2.44. The number of aliphatic hydroxyl groups is 2. The number of anilines is 4. The van der Waals surface area contributed by atoms with Crippen LogP contribution in [0.1, 0.15) is 49.7 Å². The van der Waals surface area contributed by atoms with E-state index in [0.29, 0.717) is 11.1 Å². The number of hydrogen-bond acceptors (Lipinski definition) is 12. The van der Waals surface area contributed by atoms with Crippen LogP contribution in [-0.2, 0) is 52.7 Å². The number of halogens is 2. The van der Waals surface area contributed by atoms with E-state index in [1.54, 1.807) is 34.1 Å². The van der Waals surface area contributed by atoms with Crippen LogP contribution in [0.2, 0.25) is 0 Å². The van der Waals surface area contributed by atoms with Gasteiger partial charge in [-0.3, -0.25) is 9.59 Å². The topological polar surface area (TPSA) is 236 Å². The van der Waals surface area contributed by atoms with Gasteiger partial charge in [0, 0.05) is 37.0 Å². The summed E-state index contributed by atoms with van der Waals surface area (Å²) in [6.45, 7) is 0.160. The number of sulfonamides is 3. The molecule has 2 amide bonds. The average molecular weight is 1030 g/mol. The highest BCUT2D eigenvalue weighted by Gasteiger charge is 2.59. The molecule has 71 heavy (non-hydrogen) atoms. The number of amides is 2. The van der Waals surface area contributed by atoms with Gasteiger partial charge in [0.15, 0.2) is 11.7 Å². The van der Waals surface area contributed by atoms with Crippen LogP contribution < -0.4 is 14.9 Å². The molecule has 4 saturated carbocycles. The molecule has 4 aliphatic carbocycles. The molecule has 4 aliphatic heterocycles. The zero-order valence-electron chi connectivity index (χ0n) is 37.7. The quantitative estimate of drug-likeness (QED) is 0.138. The standard InChI is InChI=1S/C49H45F2N7O10S3/c1-69(63,64)58(32-14-16-34-36(20-32)70(65,66)54-46(52-34)40-44(59)38-26-6-8-28(18-26)42(38)56(48(40)61)22-24-2-10-30(50)11-3-24)33-15-17-35-37(21-33)71(67,68)55-47(53-35)41-45(60)39-27-7-9-29(19-27)43(39)57(49(41)62)23-25-4-12-31(51)13-5-25/h2-5,10-17,20-21,26-29,38-39,42-43,59-60H,6-9,18-19,22-23H2,1H3,(H,52,54)(H,53,55). The lowest BCUT2D eigenvalue weighted by Crippen LogP contribution is -2.53. The maximum Gasteiger partial charge on any atom is 0.286 e. The fraction of sp³-hybridized carbons (Fsp3) is 0.347. The van der Waals surface area contributed by atoms with Crippen molar-refractivity contribution in [2.45, 2.75) is 73.5 Å². The summed E-state index contributed by atoms with van der Waals surface area (Å²) >= 11 is 0. The molecule has 0 spiro atoms. The Morgan fingerprint density at radius 1 is 0.620 bits per heavy atom. The molecule has 0 radical (unpaired) electrons. The normalized spacial score (nSPS) is 28.7. The van der Waals surface area contributed by atoms with Gasteiger partial charge in [0.1, 0.15) is 44.1 Å². The van der Waals surface area contributed by atoms with E-state index >= 15 is 0 Å². The molecule has 0 aromatic heterocycles. The number of carbonyl (C=O) groups is 2. The minimum atomic E-state index is -4.72. The smallest absolute Gasteiger partial charge is 0.286 e. The van der Waals surface area contributed by atoms with E-state index in [4.69, 9.17) is 0 Å². The van der Waals surface area contributed by atoms with Gasteiger partial charge < -0.3 is 30.6 Å². The SMILES string of the molecule is CS(=O)(=O)N(c1ccc2c(c1)S(=O)(=O)N=C(C1=C(O)C3C4CCC(C4)C3N(Cc3ccc(F)cc3)C1=O)N2)c1ccc2c(c1)S(=O)(=O)N=C(C1=C(O)C3C4CCC(C4)C3N(Cc3ccc(F)cc3)C1=O)N2. The van der Waals surface area contributed by atoms with E-state index in [1.165, 1.54) is 48.5 Å². The summed E-state index contributed by atoms with van der Waals surface area (Å²) in [6, 6.07) is 17.8. The maximum absolute atomic E-state index is 14.4. The van der Waals surface area contributed by atoms with Crippen LogP contribution in [0.3, 0.4) is 0 Å². The zero-order chi connectivity index (χ0) is 49.6. The highest BCUT2D eigenvalue weighted by Crippen LogP contribution is 2.57. The Kier molecular flexibility index (Phi) is 10.2. The summed E-state index contributed by atoms with van der Waals surface area (Å²) in [4.78, 5) is 31.1.